The van der Waals surface area contributed by atoms with Crippen LogP contribution in [-0.2, 0) is 17.8 Å². The molecule has 1 aromatic heterocycles. The van der Waals surface area contributed by atoms with Crippen LogP contribution in [0.4, 0.5) is 5.69 Å². The Kier molecular flexibility index (Phi) is 6.78. The molecule has 0 radical (unpaired) electrons. The Morgan fingerprint density at radius 2 is 2.08 bits per heavy atom. The van der Waals surface area contributed by atoms with Gasteiger partial charge in [0.05, 0.1) is 10.7 Å². The number of thiazole rings is 1. The van der Waals surface area contributed by atoms with Crippen LogP contribution in [0.5, 0.6) is 0 Å². The molecule has 0 aliphatic carbocycles. The third kappa shape index (κ3) is 4.35. The van der Waals surface area contributed by atoms with E-state index in [0.717, 1.165) is 37.3 Å². The minimum Gasteiger partial charge on any atom is -0.312 e. The van der Waals surface area contributed by atoms with Crippen molar-refractivity contribution in [2.45, 2.75) is 45.7 Å². The number of carbonyl (C=O) groups is 1. The van der Waals surface area contributed by atoms with Crippen molar-refractivity contribution in [1.29, 1.82) is 0 Å². The van der Waals surface area contributed by atoms with Crippen LogP contribution in [0.25, 0.3) is 0 Å². The van der Waals surface area contributed by atoms with Crippen LogP contribution in [0, 0.1) is 0 Å². The van der Waals surface area contributed by atoms with E-state index in [1.54, 1.807) is 11.3 Å². The van der Waals surface area contributed by atoms with Gasteiger partial charge >= 0.3 is 0 Å². The number of hydrogen-bond donors (Lipinski definition) is 1. The average molecular weight is 366 g/mol. The van der Waals surface area contributed by atoms with E-state index in [1.807, 2.05) is 4.90 Å². The monoisotopic (exact) mass is 365 g/mol. The van der Waals surface area contributed by atoms with Crippen molar-refractivity contribution in [2.75, 3.05) is 11.4 Å². The van der Waals surface area contributed by atoms with E-state index in [4.69, 9.17) is 0 Å². The van der Waals surface area contributed by atoms with Crippen LogP contribution in [0.15, 0.2) is 29.6 Å². The number of benzene rings is 1. The molecule has 0 bridgehead atoms. The van der Waals surface area contributed by atoms with Crippen molar-refractivity contribution in [1.82, 2.24) is 10.3 Å². The van der Waals surface area contributed by atoms with Crippen molar-refractivity contribution in [3.05, 3.63) is 45.9 Å². The van der Waals surface area contributed by atoms with Gasteiger partial charge in [0.15, 0.2) is 0 Å². The first-order valence-electron chi connectivity index (χ1n) is 8.24. The van der Waals surface area contributed by atoms with Gasteiger partial charge in [-0.15, -0.1) is 23.7 Å². The summed E-state index contributed by atoms with van der Waals surface area (Å²) in [6.45, 7) is 5.91. The van der Waals surface area contributed by atoms with Crippen molar-refractivity contribution in [3.63, 3.8) is 0 Å². The highest BCUT2D eigenvalue weighted by Gasteiger charge is 2.21. The second kappa shape index (κ2) is 8.60. The van der Waals surface area contributed by atoms with Crippen LogP contribution in [0.3, 0.4) is 0 Å². The van der Waals surface area contributed by atoms with E-state index in [1.165, 1.54) is 10.6 Å². The lowest BCUT2D eigenvalue weighted by molar-refractivity contribution is -0.117. The summed E-state index contributed by atoms with van der Waals surface area (Å²) in [7, 11) is 0. The fraction of sp³-hybridized carbons (Fsp3) is 0.444. The summed E-state index contributed by atoms with van der Waals surface area (Å²) in [4.78, 5) is 18.2. The van der Waals surface area contributed by atoms with Gasteiger partial charge in [-0.2, -0.15) is 0 Å². The number of rotatable bonds is 6. The predicted octanol–water partition coefficient (Wildman–Crippen LogP) is 4.10. The Balaban J connectivity index is 0.00000208. The smallest absolute Gasteiger partial charge is 0.227 e. The van der Waals surface area contributed by atoms with Crippen molar-refractivity contribution >= 4 is 35.3 Å². The van der Waals surface area contributed by atoms with Crippen LogP contribution in [0.2, 0.25) is 0 Å². The maximum Gasteiger partial charge on any atom is 0.227 e. The first-order valence-corrected chi connectivity index (χ1v) is 9.12. The molecule has 3 rings (SSSR count). The minimum absolute atomic E-state index is 0. The Morgan fingerprint density at radius 1 is 1.33 bits per heavy atom. The number of nitrogens with one attached hydrogen (secondary N) is 1. The van der Waals surface area contributed by atoms with Gasteiger partial charge < -0.3 is 10.2 Å². The molecule has 4 nitrogen and oxygen atoms in total. The second-order valence-corrected chi connectivity index (χ2v) is 6.87. The lowest BCUT2D eigenvalue weighted by atomic mass is 10.1. The number of anilines is 1. The molecular weight excluding hydrogens is 342 g/mol. The zero-order valence-corrected chi connectivity index (χ0v) is 15.8. The molecule has 1 unspecified atom stereocenters. The van der Waals surface area contributed by atoms with E-state index in [0.29, 0.717) is 6.42 Å². The Morgan fingerprint density at radius 3 is 2.67 bits per heavy atom. The van der Waals surface area contributed by atoms with E-state index in [-0.39, 0.29) is 24.4 Å². The summed E-state index contributed by atoms with van der Waals surface area (Å²) in [5, 5.41) is 6.83. The second-order valence-electron chi connectivity index (χ2n) is 5.93. The number of nitrogens with zero attached hydrogens (tertiary/aromatic N) is 2. The zero-order valence-electron chi connectivity index (χ0n) is 14.1. The summed E-state index contributed by atoms with van der Waals surface area (Å²) in [5.74, 6) is 0.235. The third-order valence-electron chi connectivity index (χ3n) is 4.27. The number of aryl methyl sites for hydroxylation is 1. The molecule has 1 aliphatic rings. The number of aromatic nitrogens is 1. The molecule has 2 heterocycles. The van der Waals surface area contributed by atoms with Crippen LogP contribution in [0.1, 0.15) is 49.0 Å². The summed E-state index contributed by atoms with van der Waals surface area (Å²) >= 11 is 1.72. The Hall–Kier alpha value is -1.43. The molecular formula is C18H24ClN3OS. The molecule has 1 N–H and O–H groups in total. The van der Waals surface area contributed by atoms with E-state index < -0.39 is 0 Å². The highest BCUT2D eigenvalue weighted by molar-refractivity contribution is 7.09. The first kappa shape index (κ1) is 18.9. The van der Waals surface area contributed by atoms with Gasteiger partial charge in [0.25, 0.3) is 0 Å². The lowest BCUT2D eigenvalue weighted by Crippen LogP contribution is -2.23. The molecule has 1 fully saturated rings. The molecule has 0 spiro atoms. The van der Waals surface area contributed by atoms with Gasteiger partial charge in [-0.3, -0.25) is 4.79 Å². The number of amides is 1. The average Bonchev–Trinajstić information content (AvgIpc) is 3.21. The number of halogens is 1. The molecule has 24 heavy (non-hydrogen) atoms. The van der Waals surface area contributed by atoms with Gasteiger partial charge in [0.2, 0.25) is 5.91 Å². The molecule has 1 saturated heterocycles. The highest BCUT2D eigenvalue weighted by atomic mass is 35.5. The molecule has 1 atom stereocenters. The van der Waals surface area contributed by atoms with E-state index >= 15 is 0 Å². The Labute approximate surface area is 153 Å². The van der Waals surface area contributed by atoms with Gasteiger partial charge in [-0.05, 0) is 37.5 Å². The Bertz CT molecular complexity index is 671. The van der Waals surface area contributed by atoms with Crippen molar-refractivity contribution < 1.29 is 4.79 Å². The van der Waals surface area contributed by atoms with Gasteiger partial charge in [0.1, 0.15) is 0 Å². The van der Waals surface area contributed by atoms with E-state index in [9.17, 15) is 4.79 Å². The molecule has 2 aromatic rings. The van der Waals surface area contributed by atoms with Crippen LogP contribution >= 0.6 is 23.7 Å². The normalized spacial score (nSPS) is 15.4. The van der Waals surface area contributed by atoms with Gasteiger partial charge in [0, 0.05) is 36.6 Å². The zero-order chi connectivity index (χ0) is 16.2. The summed E-state index contributed by atoms with van der Waals surface area (Å²) < 4.78 is 0. The maximum atomic E-state index is 11.8. The summed E-state index contributed by atoms with van der Waals surface area (Å²) in [6, 6.07) is 8.57. The van der Waals surface area contributed by atoms with Crippen molar-refractivity contribution in [3.8, 4) is 0 Å². The quantitative estimate of drug-likeness (QED) is 0.838. The van der Waals surface area contributed by atoms with Crippen LogP contribution in [-0.4, -0.2) is 17.4 Å². The third-order valence-corrected chi connectivity index (χ3v) is 5.31. The number of hydrogen-bond acceptors (Lipinski definition) is 4. The van der Waals surface area contributed by atoms with E-state index in [2.05, 4.69) is 53.8 Å². The minimum atomic E-state index is 0. The molecule has 1 amide bonds. The molecule has 130 valence electrons. The maximum absolute atomic E-state index is 11.8. The van der Waals surface area contributed by atoms with Gasteiger partial charge in [-0.25, -0.2) is 4.98 Å². The molecule has 0 saturated carbocycles. The van der Waals surface area contributed by atoms with Crippen molar-refractivity contribution in [2.24, 2.45) is 0 Å². The molecule has 1 aromatic carbocycles. The van der Waals surface area contributed by atoms with Gasteiger partial charge in [-0.1, -0.05) is 19.1 Å². The predicted molar refractivity (Wildman–Crippen MR) is 102 cm³/mol. The SMILES string of the molecule is CCc1nc(CNC(C)c2ccc(N3CCCC3=O)cc2)cs1.Cl. The first-order chi connectivity index (χ1) is 11.2. The number of carbonyl (C=O) groups excluding carboxylic acids is 1. The summed E-state index contributed by atoms with van der Waals surface area (Å²) in [6.07, 6.45) is 2.63. The highest BCUT2D eigenvalue weighted by Crippen LogP contribution is 2.23. The fourth-order valence-corrected chi connectivity index (χ4v) is 3.58. The molecule has 6 heteroatoms. The van der Waals surface area contributed by atoms with Crippen LogP contribution < -0.4 is 10.2 Å². The largest absolute Gasteiger partial charge is 0.312 e. The molecule has 1 aliphatic heterocycles. The fourth-order valence-electron chi connectivity index (χ4n) is 2.83. The lowest BCUT2D eigenvalue weighted by Gasteiger charge is -2.18. The standard InChI is InChI=1S/C18H23N3OS.ClH/c1-3-17-20-15(12-23-17)11-19-13(2)14-6-8-16(9-7-14)21-10-4-5-18(21)22;/h6-9,12-13,19H,3-5,10-11H2,1-2H3;1H. The topological polar surface area (TPSA) is 45.2 Å². The summed E-state index contributed by atoms with van der Waals surface area (Å²) in [5.41, 5.74) is 3.35.